The first-order chi connectivity index (χ1) is 10.8. The molecule has 22 heavy (non-hydrogen) atoms. The predicted molar refractivity (Wildman–Crippen MR) is 85.3 cm³/mol. The van der Waals surface area contributed by atoms with Crippen molar-refractivity contribution in [2.75, 3.05) is 13.1 Å². The highest BCUT2D eigenvalue weighted by atomic mass is 16.3. The lowest BCUT2D eigenvalue weighted by Crippen LogP contribution is -2.40. The number of hydrogen-bond acceptors (Lipinski definition) is 3. The Morgan fingerprint density at radius 3 is 2.73 bits per heavy atom. The number of aliphatic hydroxyl groups excluding tert-OH is 1. The second kappa shape index (κ2) is 6.73. The molecule has 2 aromatic carbocycles. The largest absolute Gasteiger partial charge is 0.378 e. The molecule has 1 aliphatic rings. The Bertz CT molecular complexity index is 643. The van der Waals surface area contributed by atoms with Gasteiger partial charge in [0.25, 0.3) is 5.91 Å². The Labute approximate surface area is 130 Å². The molecule has 2 aromatic rings. The first kappa shape index (κ1) is 14.8. The fraction of sp³-hybridized carbons (Fsp3) is 0.278. The summed E-state index contributed by atoms with van der Waals surface area (Å²) in [5, 5.41) is 16.3. The van der Waals surface area contributed by atoms with Gasteiger partial charge in [0, 0.05) is 12.6 Å². The van der Waals surface area contributed by atoms with E-state index in [1.165, 1.54) is 11.1 Å². The minimum atomic E-state index is -1.12. The van der Waals surface area contributed by atoms with Gasteiger partial charge in [0.05, 0.1) is 0 Å². The topological polar surface area (TPSA) is 61.4 Å². The van der Waals surface area contributed by atoms with E-state index in [1.807, 2.05) is 30.3 Å². The molecule has 0 bridgehead atoms. The van der Waals surface area contributed by atoms with Crippen LogP contribution < -0.4 is 10.6 Å². The van der Waals surface area contributed by atoms with E-state index in [1.54, 1.807) is 12.1 Å². The lowest BCUT2D eigenvalue weighted by molar-refractivity contribution is -0.129. The van der Waals surface area contributed by atoms with Crippen molar-refractivity contribution in [2.45, 2.75) is 18.6 Å². The summed E-state index contributed by atoms with van der Waals surface area (Å²) in [5.74, 6) is -0.365. The van der Waals surface area contributed by atoms with Gasteiger partial charge in [0.15, 0.2) is 6.10 Å². The molecule has 0 fully saturated rings. The van der Waals surface area contributed by atoms with E-state index in [4.69, 9.17) is 0 Å². The van der Waals surface area contributed by atoms with Crippen molar-refractivity contribution in [3.8, 4) is 0 Å². The number of carbonyl (C=O) groups excluding carboxylic acids is 1. The third-order valence-corrected chi connectivity index (χ3v) is 4.06. The molecule has 3 rings (SSSR count). The molecule has 0 aliphatic carbocycles. The predicted octanol–water partition coefficient (Wildman–Crippen LogP) is 1.72. The number of hydrogen-bond donors (Lipinski definition) is 3. The van der Waals surface area contributed by atoms with Gasteiger partial charge in [-0.1, -0.05) is 54.6 Å². The molecule has 1 amide bonds. The zero-order valence-corrected chi connectivity index (χ0v) is 12.3. The van der Waals surface area contributed by atoms with Gasteiger partial charge in [-0.3, -0.25) is 4.79 Å². The Morgan fingerprint density at radius 1 is 1.18 bits per heavy atom. The Balaban J connectivity index is 1.62. The Kier molecular flexibility index (Phi) is 4.51. The van der Waals surface area contributed by atoms with E-state index in [0.29, 0.717) is 12.1 Å². The second-order valence-electron chi connectivity index (χ2n) is 5.51. The summed E-state index contributed by atoms with van der Waals surface area (Å²) in [5.41, 5.74) is 3.16. The van der Waals surface area contributed by atoms with Crippen molar-refractivity contribution < 1.29 is 9.90 Å². The normalized spacial score (nSPS) is 18.3. The molecule has 0 spiro atoms. The molecule has 4 heteroatoms. The molecule has 1 aliphatic heterocycles. The van der Waals surface area contributed by atoms with Crippen LogP contribution in [0.1, 0.15) is 28.8 Å². The molecule has 114 valence electrons. The number of amides is 1. The first-order valence-corrected chi connectivity index (χ1v) is 7.57. The van der Waals surface area contributed by atoms with Crippen molar-refractivity contribution >= 4 is 5.91 Å². The Hall–Kier alpha value is -2.17. The average molecular weight is 296 g/mol. The summed E-state index contributed by atoms with van der Waals surface area (Å²) in [4.78, 5) is 12.1. The highest BCUT2D eigenvalue weighted by Crippen LogP contribution is 2.22. The smallest absolute Gasteiger partial charge is 0.253 e. The molecule has 0 radical (unpaired) electrons. The number of benzene rings is 2. The number of nitrogens with one attached hydrogen (secondary N) is 2. The van der Waals surface area contributed by atoms with Gasteiger partial charge >= 0.3 is 0 Å². The van der Waals surface area contributed by atoms with E-state index in [-0.39, 0.29) is 11.9 Å². The highest BCUT2D eigenvalue weighted by Gasteiger charge is 2.22. The van der Waals surface area contributed by atoms with Crippen LogP contribution in [-0.2, 0) is 11.2 Å². The highest BCUT2D eigenvalue weighted by molar-refractivity contribution is 5.81. The van der Waals surface area contributed by atoms with Gasteiger partial charge in [0.1, 0.15) is 0 Å². The summed E-state index contributed by atoms with van der Waals surface area (Å²) in [6, 6.07) is 17.3. The van der Waals surface area contributed by atoms with Crippen LogP contribution in [0.15, 0.2) is 54.6 Å². The molecular weight excluding hydrogens is 276 g/mol. The monoisotopic (exact) mass is 296 g/mol. The lowest BCUT2D eigenvalue weighted by Gasteiger charge is -2.27. The maximum atomic E-state index is 12.1. The first-order valence-electron chi connectivity index (χ1n) is 7.57. The van der Waals surface area contributed by atoms with Gasteiger partial charge in [0.2, 0.25) is 0 Å². The maximum absolute atomic E-state index is 12.1. The second-order valence-corrected chi connectivity index (χ2v) is 5.51. The third-order valence-electron chi connectivity index (χ3n) is 4.06. The molecule has 0 saturated carbocycles. The van der Waals surface area contributed by atoms with Crippen LogP contribution in [0.5, 0.6) is 0 Å². The third kappa shape index (κ3) is 3.18. The molecule has 0 saturated heterocycles. The number of fused-ring (bicyclic) bond motifs is 1. The van der Waals surface area contributed by atoms with Crippen molar-refractivity contribution in [2.24, 2.45) is 0 Å². The van der Waals surface area contributed by atoms with Crippen molar-refractivity contribution in [3.05, 3.63) is 71.3 Å². The molecular formula is C18H20N2O2. The van der Waals surface area contributed by atoms with Crippen LogP contribution in [0.2, 0.25) is 0 Å². The SMILES string of the molecule is O=C(NCC1NCCc2ccccc21)C(O)c1ccccc1. The fourth-order valence-electron chi connectivity index (χ4n) is 2.86. The Morgan fingerprint density at radius 2 is 1.91 bits per heavy atom. The maximum Gasteiger partial charge on any atom is 0.253 e. The van der Waals surface area contributed by atoms with Crippen LogP contribution in [-0.4, -0.2) is 24.1 Å². The fourth-order valence-corrected chi connectivity index (χ4v) is 2.86. The van der Waals surface area contributed by atoms with Gasteiger partial charge in [-0.15, -0.1) is 0 Å². The molecule has 0 aromatic heterocycles. The van der Waals surface area contributed by atoms with E-state index < -0.39 is 6.10 Å². The molecule has 4 nitrogen and oxygen atoms in total. The standard InChI is InChI=1S/C18H20N2O2/c21-17(14-7-2-1-3-8-14)18(22)20-12-16-15-9-5-4-6-13(15)10-11-19-16/h1-9,16-17,19,21H,10-12H2,(H,20,22). The van der Waals surface area contributed by atoms with E-state index >= 15 is 0 Å². The molecule has 3 N–H and O–H groups in total. The van der Waals surface area contributed by atoms with Crippen LogP contribution in [0.25, 0.3) is 0 Å². The van der Waals surface area contributed by atoms with Gasteiger partial charge < -0.3 is 15.7 Å². The van der Waals surface area contributed by atoms with Crippen LogP contribution in [0.3, 0.4) is 0 Å². The lowest BCUT2D eigenvalue weighted by atomic mass is 9.94. The summed E-state index contributed by atoms with van der Waals surface area (Å²) in [7, 11) is 0. The average Bonchev–Trinajstić information content (AvgIpc) is 2.59. The minimum Gasteiger partial charge on any atom is -0.378 e. The quantitative estimate of drug-likeness (QED) is 0.805. The molecule has 2 atom stereocenters. The van der Waals surface area contributed by atoms with Gasteiger partial charge in [-0.05, 0) is 29.7 Å². The zero-order chi connectivity index (χ0) is 15.4. The summed E-state index contributed by atoms with van der Waals surface area (Å²) < 4.78 is 0. The number of aliphatic hydroxyl groups is 1. The zero-order valence-electron chi connectivity index (χ0n) is 12.3. The van der Waals surface area contributed by atoms with Gasteiger partial charge in [-0.2, -0.15) is 0 Å². The molecule has 1 heterocycles. The van der Waals surface area contributed by atoms with Gasteiger partial charge in [-0.25, -0.2) is 0 Å². The molecule has 2 unspecified atom stereocenters. The summed E-state index contributed by atoms with van der Waals surface area (Å²) >= 11 is 0. The summed E-state index contributed by atoms with van der Waals surface area (Å²) in [6.45, 7) is 1.37. The van der Waals surface area contributed by atoms with E-state index in [0.717, 1.165) is 13.0 Å². The van der Waals surface area contributed by atoms with Crippen LogP contribution >= 0.6 is 0 Å². The van der Waals surface area contributed by atoms with E-state index in [2.05, 4.69) is 22.8 Å². The number of carbonyl (C=O) groups is 1. The van der Waals surface area contributed by atoms with E-state index in [9.17, 15) is 9.90 Å². The van der Waals surface area contributed by atoms with Crippen molar-refractivity contribution in [3.63, 3.8) is 0 Å². The minimum absolute atomic E-state index is 0.0943. The van der Waals surface area contributed by atoms with Crippen LogP contribution in [0.4, 0.5) is 0 Å². The van der Waals surface area contributed by atoms with Crippen LogP contribution in [0, 0.1) is 0 Å². The van der Waals surface area contributed by atoms with Crippen molar-refractivity contribution in [1.29, 1.82) is 0 Å². The number of rotatable bonds is 4. The van der Waals surface area contributed by atoms with Crippen molar-refractivity contribution in [1.82, 2.24) is 10.6 Å². The summed E-state index contributed by atoms with van der Waals surface area (Å²) in [6.07, 6.45) is -0.118.